The Hall–Kier alpha value is -0.740. The molecule has 1 aromatic rings. The first-order valence-corrected chi connectivity index (χ1v) is 4.22. The number of hydrogen-bond acceptors (Lipinski definition) is 1. The Balaban J connectivity index is 0.00000196. The van der Waals surface area contributed by atoms with E-state index >= 15 is 0 Å². The third kappa shape index (κ3) is 3.11. The lowest BCUT2D eigenvalue weighted by Gasteiger charge is -2.18. The van der Waals surface area contributed by atoms with Crippen molar-refractivity contribution in [1.82, 2.24) is 0 Å². The SMILES string of the molecule is Cc1cccc(C(N)C(F)(F)F)c1C.Cl. The summed E-state index contributed by atoms with van der Waals surface area (Å²) < 4.78 is 37.0. The van der Waals surface area contributed by atoms with Gasteiger partial charge in [-0.1, -0.05) is 18.2 Å². The molecule has 15 heavy (non-hydrogen) atoms. The van der Waals surface area contributed by atoms with Gasteiger partial charge in [0.2, 0.25) is 0 Å². The highest BCUT2D eigenvalue weighted by Crippen LogP contribution is 2.32. The number of halogens is 4. The summed E-state index contributed by atoms with van der Waals surface area (Å²) in [5.41, 5.74) is 6.70. The van der Waals surface area contributed by atoms with Gasteiger partial charge in [0.15, 0.2) is 0 Å². The maximum atomic E-state index is 12.3. The molecule has 2 N–H and O–H groups in total. The molecule has 0 bridgehead atoms. The molecule has 0 saturated heterocycles. The number of rotatable bonds is 1. The Bertz CT molecular complexity index is 336. The molecule has 1 aromatic carbocycles. The second-order valence-electron chi connectivity index (χ2n) is 3.31. The van der Waals surface area contributed by atoms with Gasteiger partial charge in [-0.15, -0.1) is 12.4 Å². The van der Waals surface area contributed by atoms with Crippen LogP contribution in [0.25, 0.3) is 0 Å². The summed E-state index contributed by atoms with van der Waals surface area (Å²) in [6, 6.07) is 2.88. The van der Waals surface area contributed by atoms with E-state index < -0.39 is 12.2 Å². The number of hydrogen-bond donors (Lipinski definition) is 1. The molecule has 0 radical (unpaired) electrons. The van der Waals surface area contributed by atoms with Crippen LogP contribution in [0.15, 0.2) is 18.2 Å². The van der Waals surface area contributed by atoms with Crippen LogP contribution in [0.2, 0.25) is 0 Å². The maximum Gasteiger partial charge on any atom is 0.407 e. The van der Waals surface area contributed by atoms with Crippen molar-refractivity contribution in [2.45, 2.75) is 26.1 Å². The van der Waals surface area contributed by atoms with Crippen molar-refractivity contribution < 1.29 is 13.2 Å². The monoisotopic (exact) mass is 239 g/mol. The molecule has 1 atom stereocenters. The first kappa shape index (κ1) is 14.3. The van der Waals surface area contributed by atoms with Crippen molar-refractivity contribution in [1.29, 1.82) is 0 Å². The molecule has 0 aliphatic heterocycles. The van der Waals surface area contributed by atoms with Crippen LogP contribution in [0.1, 0.15) is 22.7 Å². The molecule has 1 rings (SSSR count). The topological polar surface area (TPSA) is 26.0 Å². The van der Waals surface area contributed by atoms with Crippen LogP contribution in [0.4, 0.5) is 13.2 Å². The predicted molar refractivity (Wildman–Crippen MR) is 56.1 cm³/mol. The molecule has 0 aromatic heterocycles. The van der Waals surface area contributed by atoms with Crippen molar-refractivity contribution in [2.24, 2.45) is 5.73 Å². The van der Waals surface area contributed by atoms with Gasteiger partial charge in [0.05, 0.1) is 0 Å². The normalized spacial score (nSPS) is 13.2. The lowest BCUT2D eigenvalue weighted by Crippen LogP contribution is -2.29. The van der Waals surface area contributed by atoms with E-state index in [0.29, 0.717) is 5.56 Å². The highest BCUT2D eigenvalue weighted by molar-refractivity contribution is 5.85. The van der Waals surface area contributed by atoms with Crippen LogP contribution in [0, 0.1) is 13.8 Å². The Labute approximate surface area is 92.9 Å². The van der Waals surface area contributed by atoms with Crippen LogP contribution < -0.4 is 5.73 Å². The maximum absolute atomic E-state index is 12.3. The zero-order chi connectivity index (χ0) is 10.9. The van der Waals surface area contributed by atoms with E-state index in [1.807, 2.05) is 0 Å². The van der Waals surface area contributed by atoms with E-state index in [0.717, 1.165) is 5.56 Å². The fourth-order valence-electron chi connectivity index (χ4n) is 1.29. The van der Waals surface area contributed by atoms with Crippen molar-refractivity contribution >= 4 is 12.4 Å². The lowest BCUT2D eigenvalue weighted by atomic mass is 9.98. The molecular weight excluding hydrogens is 227 g/mol. The highest BCUT2D eigenvalue weighted by atomic mass is 35.5. The average molecular weight is 240 g/mol. The van der Waals surface area contributed by atoms with E-state index in [1.165, 1.54) is 6.07 Å². The summed E-state index contributed by atoms with van der Waals surface area (Å²) in [6.45, 7) is 3.41. The van der Waals surface area contributed by atoms with Crippen LogP contribution in [-0.4, -0.2) is 6.18 Å². The highest BCUT2D eigenvalue weighted by Gasteiger charge is 2.38. The van der Waals surface area contributed by atoms with Crippen molar-refractivity contribution in [3.8, 4) is 0 Å². The molecular formula is C10H13ClF3N. The van der Waals surface area contributed by atoms with Gasteiger partial charge >= 0.3 is 6.18 Å². The Morgan fingerprint density at radius 3 is 2.20 bits per heavy atom. The first-order chi connectivity index (χ1) is 6.34. The summed E-state index contributed by atoms with van der Waals surface area (Å²) in [5, 5.41) is 0. The zero-order valence-electron chi connectivity index (χ0n) is 8.43. The molecule has 1 unspecified atom stereocenters. The number of alkyl halides is 3. The predicted octanol–water partition coefficient (Wildman–Crippen LogP) is 3.29. The molecule has 0 aliphatic rings. The number of nitrogens with two attached hydrogens (primary N) is 1. The minimum atomic E-state index is -4.38. The van der Waals surface area contributed by atoms with Gasteiger partial charge in [0.25, 0.3) is 0 Å². The second-order valence-corrected chi connectivity index (χ2v) is 3.31. The van der Waals surface area contributed by atoms with E-state index in [9.17, 15) is 13.2 Å². The first-order valence-electron chi connectivity index (χ1n) is 4.22. The van der Waals surface area contributed by atoms with Gasteiger partial charge in [-0.2, -0.15) is 13.2 Å². The minimum absolute atomic E-state index is 0. The molecule has 0 amide bonds. The largest absolute Gasteiger partial charge is 0.407 e. The molecule has 0 fully saturated rings. The molecule has 0 saturated carbocycles. The summed E-state index contributed by atoms with van der Waals surface area (Å²) >= 11 is 0. The number of aryl methyl sites for hydroxylation is 1. The molecule has 5 heteroatoms. The van der Waals surface area contributed by atoms with Crippen LogP contribution in [-0.2, 0) is 0 Å². The second kappa shape index (κ2) is 4.86. The van der Waals surface area contributed by atoms with Crippen molar-refractivity contribution in [3.05, 3.63) is 34.9 Å². The summed E-state index contributed by atoms with van der Waals surface area (Å²) in [5.74, 6) is 0. The van der Waals surface area contributed by atoms with Crippen molar-refractivity contribution in [3.63, 3.8) is 0 Å². The van der Waals surface area contributed by atoms with E-state index in [-0.39, 0.29) is 18.0 Å². The molecule has 86 valence electrons. The molecule has 1 nitrogen and oxygen atoms in total. The fraction of sp³-hybridized carbons (Fsp3) is 0.400. The average Bonchev–Trinajstić information content (AvgIpc) is 2.07. The fourth-order valence-corrected chi connectivity index (χ4v) is 1.29. The zero-order valence-corrected chi connectivity index (χ0v) is 9.25. The summed E-state index contributed by atoms with van der Waals surface area (Å²) in [7, 11) is 0. The Morgan fingerprint density at radius 2 is 1.73 bits per heavy atom. The van der Waals surface area contributed by atoms with E-state index in [4.69, 9.17) is 5.73 Å². The van der Waals surface area contributed by atoms with Crippen LogP contribution in [0.5, 0.6) is 0 Å². The Kier molecular flexibility index (Phi) is 4.62. The lowest BCUT2D eigenvalue weighted by molar-refractivity contribution is -0.149. The van der Waals surface area contributed by atoms with E-state index in [1.54, 1.807) is 26.0 Å². The Morgan fingerprint density at radius 1 is 1.20 bits per heavy atom. The van der Waals surface area contributed by atoms with Gasteiger partial charge in [-0.05, 0) is 30.5 Å². The third-order valence-corrected chi connectivity index (χ3v) is 2.33. The third-order valence-electron chi connectivity index (χ3n) is 2.33. The van der Waals surface area contributed by atoms with Crippen molar-refractivity contribution in [2.75, 3.05) is 0 Å². The quantitative estimate of drug-likeness (QED) is 0.800. The standard InChI is InChI=1S/C10H12F3N.ClH/c1-6-4-3-5-8(7(6)2)9(14)10(11,12)13;/h3-5,9H,14H2,1-2H3;1H. The van der Waals surface area contributed by atoms with Gasteiger partial charge in [-0.25, -0.2) is 0 Å². The molecule has 0 aliphatic carbocycles. The minimum Gasteiger partial charge on any atom is -0.316 e. The van der Waals surface area contributed by atoms with Gasteiger partial charge in [0, 0.05) is 0 Å². The molecule has 0 heterocycles. The van der Waals surface area contributed by atoms with E-state index in [2.05, 4.69) is 0 Å². The van der Waals surface area contributed by atoms with Gasteiger partial charge in [-0.3, -0.25) is 0 Å². The number of benzene rings is 1. The van der Waals surface area contributed by atoms with Crippen LogP contribution in [0.3, 0.4) is 0 Å². The van der Waals surface area contributed by atoms with Crippen LogP contribution >= 0.6 is 12.4 Å². The summed E-state index contributed by atoms with van der Waals surface area (Å²) in [4.78, 5) is 0. The van der Waals surface area contributed by atoms with Gasteiger partial charge in [0.1, 0.15) is 6.04 Å². The summed E-state index contributed by atoms with van der Waals surface area (Å²) in [6.07, 6.45) is -4.38. The smallest absolute Gasteiger partial charge is 0.316 e. The van der Waals surface area contributed by atoms with Gasteiger partial charge < -0.3 is 5.73 Å². The molecule has 0 spiro atoms.